The predicted molar refractivity (Wildman–Crippen MR) is 87.6 cm³/mol. The maximum absolute atomic E-state index is 12.1. The van der Waals surface area contributed by atoms with Gasteiger partial charge in [0, 0.05) is 8.95 Å². The van der Waals surface area contributed by atoms with Crippen LogP contribution in [0.1, 0.15) is 0 Å². The lowest BCUT2D eigenvalue weighted by atomic mass is 10.3. The smallest absolute Gasteiger partial charge is 0.243 e. The second kappa shape index (κ2) is 6.07. The van der Waals surface area contributed by atoms with Crippen LogP contribution in [0.15, 0.2) is 56.3 Å². The van der Waals surface area contributed by atoms with Crippen LogP contribution in [-0.4, -0.2) is 23.4 Å². The van der Waals surface area contributed by atoms with Crippen LogP contribution in [0, 0.1) is 0 Å². The minimum absolute atomic E-state index is 0.0989. The Morgan fingerprint density at radius 2 is 1.86 bits per heavy atom. The van der Waals surface area contributed by atoms with E-state index in [9.17, 15) is 8.42 Å². The molecule has 0 saturated carbocycles. The molecule has 0 atom stereocenters. The Morgan fingerprint density at radius 1 is 1.14 bits per heavy atom. The zero-order valence-corrected chi connectivity index (χ0v) is 15.0. The van der Waals surface area contributed by atoms with Gasteiger partial charge in [-0.2, -0.15) is 8.42 Å². The molecular weight excluding hydrogens is 438 g/mol. The lowest BCUT2D eigenvalue weighted by Gasteiger charge is -2.06. The molecule has 22 heavy (non-hydrogen) atoms. The lowest BCUT2D eigenvalue weighted by Crippen LogP contribution is -2.11. The molecule has 0 N–H and O–H groups in total. The SMILES string of the molecule is O=S(=O)(OCn1nnc2c(Br)cc(Br)cc21)c1ccccc1. The summed E-state index contributed by atoms with van der Waals surface area (Å²) in [7, 11) is -3.84. The normalized spacial score (nSPS) is 11.9. The third-order valence-electron chi connectivity index (χ3n) is 2.90. The first-order valence-electron chi connectivity index (χ1n) is 6.10. The summed E-state index contributed by atoms with van der Waals surface area (Å²) < 4.78 is 32.2. The van der Waals surface area contributed by atoms with E-state index in [2.05, 4.69) is 42.2 Å². The van der Waals surface area contributed by atoms with Crippen molar-refractivity contribution >= 4 is 53.0 Å². The van der Waals surface area contributed by atoms with Gasteiger partial charge in [-0.3, -0.25) is 0 Å². The molecule has 9 heteroatoms. The van der Waals surface area contributed by atoms with Gasteiger partial charge in [0.2, 0.25) is 0 Å². The Bertz CT molecular complexity index is 926. The van der Waals surface area contributed by atoms with Crippen LogP contribution in [0.4, 0.5) is 0 Å². The molecule has 2 aromatic carbocycles. The van der Waals surface area contributed by atoms with Crippen LogP contribution < -0.4 is 0 Å². The van der Waals surface area contributed by atoms with Crippen LogP contribution in [0.5, 0.6) is 0 Å². The van der Waals surface area contributed by atoms with Gasteiger partial charge in [-0.05, 0) is 40.2 Å². The van der Waals surface area contributed by atoms with Gasteiger partial charge in [0.25, 0.3) is 10.1 Å². The summed E-state index contributed by atoms with van der Waals surface area (Å²) >= 11 is 6.75. The third kappa shape index (κ3) is 3.07. The molecule has 0 fully saturated rings. The van der Waals surface area contributed by atoms with Crippen molar-refractivity contribution in [1.29, 1.82) is 0 Å². The molecule has 0 radical (unpaired) electrons. The van der Waals surface area contributed by atoms with Crippen molar-refractivity contribution in [2.75, 3.05) is 0 Å². The topological polar surface area (TPSA) is 74.1 Å². The van der Waals surface area contributed by atoms with E-state index < -0.39 is 10.1 Å². The molecule has 114 valence electrons. The van der Waals surface area contributed by atoms with Crippen molar-refractivity contribution in [1.82, 2.24) is 15.0 Å². The lowest BCUT2D eigenvalue weighted by molar-refractivity contribution is 0.230. The van der Waals surface area contributed by atoms with E-state index in [0.29, 0.717) is 11.0 Å². The molecule has 6 nitrogen and oxygen atoms in total. The van der Waals surface area contributed by atoms with Crippen molar-refractivity contribution in [2.45, 2.75) is 11.6 Å². The monoisotopic (exact) mass is 445 g/mol. The standard InChI is InChI=1S/C13H9Br2N3O3S/c14-9-6-11(15)13-12(7-9)18(17-16-13)8-21-22(19,20)10-4-2-1-3-5-10/h1-7H,8H2. The van der Waals surface area contributed by atoms with Crippen molar-refractivity contribution in [3.05, 3.63) is 51.4 Å². The van der Waals surface area contributed by atoms with E-state index in [1.54, 1.807) is 24.3 Å². The first kappa shape index (κ1) is 15.6. The van der Waals surface area contributed by atoms with E-state index in [0.717, 1.165) is 8.95 Å². The summed E-state index contributed by atoms with van der Waals surface area (Å²) in [5, 5.41) is 7.92. The van der Waals surface area contributed by atoms with E-state index >= 15 is 0 Å². The summed E-state index contributed by atoms with van der Waals surface area (Å²) in [5.41, 5.74) is 1.29. The maximum atomic E-state index is 12.1. The highest BCUT2D eigenvalue weighted by atomic mass is 79.9. The number of hydrogen-bond donors (Lipinski definition) is 0. The van der Waals surface area contributed by atoms with E-state index in [1.165, 1.54) is 16.8 Å². The summed E-state index contributed by atoms with van der Waals surface area (Å²) in [4.78, 5) is 0.0989. The molecule has 0 unspecified atom stereocenters. The molecule has 3 aromatic rings. The Morgan fingerprint density at radius 3 is 2.59 bits per heavy atom. The molecule has 0 aliphatic carbocycles. The molecule has 1 aromatic heterocycles. The summed E-state index contributed by atoms with van der Waals surface area (Å²) in [6.07, 6.45) is 0. The minimum Gasteiger partial charge on any atom is -0.243 e. The van der Waals surface area contributed by atoms with E-state index in [-0.39, 0.29) is 11.6 Å². The second-order valence-corrected chi connectivity index (χ2v) is 7.74. The van der Waals surface area contributed by atoms with Gasteiger partial charge < -0.3 is 0 Å². The first-order chi connectivity index (χ1) is 10.5. The Hall–Kier alpha value is -1.29. The molecule has 0 aliphatic rings. The average molecular weight is 447 g/mol. The van der Waals surface area contributed by atoms with E-state index in [1.807, 2.05) is 6.07 Å². The maximum Gasteiger partial charge on any atom is 0.298 e. The first-order valence-corrected chi connectivity index (χ1v) is 9.09. The minimum atomic E-state index is -3.84. The summed E-state index contributed by atoms with van der Waals surface area (Å²) in [6, 6.07) is 11.6. The van der Waals surface area contributed by atoms with Gasteiger partial charge in [-0.1, -0.05) is 39.3 Å². The molecule has 1 heterocycles. The molecule has 0 aliphatic heterocycles. The fourth-order valence-corrected chi connectivity index (χ4v) is 4.01. The number of hydrogen-bond acceptors (Lipinski definition) is 5. The molecule has 0 spiro atoms. The molecule has 0 amide bonds. The molecule has 0 saturated heterocycles. The van der Waals surface area contributed by atoms with Crippen LogP contribution in [-0.2, 0) is 21.0 Å². The van der Waals surface area contributed by atoms with Gasteiger partial charge in [0.05, 0.1) is 10.4 Å². The highest BCUT2D eigenvalue weighted by Gasteiger charge is 2.16. The summed E-state index contributed by atoms with van der Waals surface area (Å²) in [5.74, 6) is 0. The number of halogens is 2. The zero-order chi connectivity index (χ0) is 15.7. The van der Waals surface area contributed by atoms with Crippen molar-refractivity contribution < 1.29 is 12.6 Å². The largest absolute Gasteiger partial charge is 0.298 e. The number of rotatable bonds is 4. The highest BCUT2D eigenvalue weighted by molar-refractivity contribution is 9.11. The number of fused-ring (bicyclic) bond motifs is 1. The van der Waals surface area contributed by atoms with Gasteiger partial charge in [0.1, 0.15) is 5.52 Å². The van der Waals surface area contributed by atoms with Gasteiger partial charge >= 0.3 is 0 Å². The zero-order valence-electron chi connectivity index (χ0n) is 11.0. The second-order valence-electron chi connectivity index (χ2n) is 4.36. The van der Waals surface area contributed by atoms with E-state index in [4.69, 9.17) is 4.18 Å². The fourth-order valence-electron chi connectivity index (χ4n) is 1.86. The van der Waals surface area contributed by atoms with Crippen LogP contribution in [0.3, 0.4) is 0 Å². The van der Waals surface area contributed by atoms with Crippen molar-refractivity contribution in [3.8, 4) is 0 Å². The Labute approximate surface area is 143 Å². The van der Waals surface area contributed by atoms with Gasteiger partial charge in [-0.15, -0.1) is 5.10 Å². The molecule has 3 rings (SSSR count). The van der Waals surface area contributed by atoms with Crippen molar-refractivity contribution in [2.24, 2.45) is 0 Å². The van der Waals surface area contributed by atoms with Gasteiger partial charge in [0.15, 0.2) is 6.73 Å². The fraction of sp³-hybridized carbons (Fsp3) is 0.0769. The number of aromatic nitrogens is 3. The highest BCUT2D eigenvalue weighted by Crippen LogP contribution is 2.27. The number of nitrogens with zero attached hydrogens (tertiary/aromatic N) is 3. The van der Waals surface area contributed by atoms with Crippen LogP contribution in [0.2, 0.25) is 0 Å². The average Bonchev–Trinajstić information content (AvgIpc) is 2.89. The van der Waals surface area contributed by atoms with Crippen LogP contribution >= 0.6 is 31.9 Å². The Kier molecular flexibility index (Phi) is 4.31. The molecular formula is C13H9Br2N3O3S. The van der Waals surface area contributed by atoms with Gasteiger partial charge in [-0.25, -0.2) is 8.86 Å². The number of benzene rings is 2. The quantitative estimate of drug-likeness (QED) is 0.574. The third-order valence-corrected chi connectivity index (χ3v) is 5.23. The Balaban J connectivity index is 1.89. The van der Waals surface area contributed by atoms with Crippen LogP contribution in [0.25, 0.3) is 11.0 Å². The van der Waals surface area contributed by atoms with Crippen molar-refractivity contribution in [3.63, 3.8) is 0 Å². The predicted octanol–water partition coefficient (Wildman–Crippen LogP) is 3.32. The molecule has 0 bridgehead atoms. The summed E-state index contributed by atoms with van der Waals surface area (Å²) in [6.45, 7) is -0.253.